The van der Waals surface area contributed by atoms with Crippen molar-refractivity contribution in [1.29, 1.82) is 0 Å². The minimum absolute atomic E-state index is 0.576. The lowest BCUT2D eigenvalue weighted by Crippen LogP contribution is -1.97. The average molecular weight is 258 g/mol. The molecule has 0 aliphatic rings. The van der Waals surface area contributed by atoms with E-state index in [4.69, 9.17) is 9.47 Å². The Kier molecular flexibility index (Phi) is 4.07. The summed E-state index contributed by atoms with van der Waals surface area (Å²) in [5.41, 5.74) is 1.86. The Morgan fingerprint density at radius 3 is 2.42 bits per heavy atom. The van der Waals surface area contributed by atoms with Gasteiger partial charge in [-0.3, -0.25) is 0 Å². The quantitative estimate of drug-likeness (QED) is 0.905. The molecule has 19 heavy (non-hydrogen) atoms. The number of benzene rings is 2. The summed E-state index contributed by atoms with van der Waals surface area (Å²) < 4.78 is 11.2. The van der Waals surface area contributed by atoms with Crippen LogP contribution in [-0.4, -0.2) is 12.2 Å². The fourth-order valence-electron chi connectivity index (χ4n) is 1.90. The summed E-state index contributed by atoms with van der Waals surface area (Å²) in [6.07, 6.45) is -0.576. The van der Waals surface area contributed by atoms with Gasteiger partial charge in [0.2, 0.25) is 0 Å². The van der Waals surface area contributed by atoms with Crippen LogP contribution >= 0.6 is 0 Å². The van der Waals surface area contributed by atoms with Crippen molar-refractivity contribution in [2.75, 3.05) is 7.11 Å². The van der Waals surface area contributed by atoms with E-state index in [2.05, 4.69) is 0 Å². The molecule has 0 aliphatic carbocycles. The number of ether oxygens (including phenoxy) is 2. The lowest BCUT2D eigenvalue weighted by atomic mass is 10.1. The number of rotatable bonds is 4. The van der Waals surface area contributed by atoms with Crippen molar-refractivity contribution in [1.82, 2.24) is 0 Å². The van der Waals surface area contributed by atoms with Crippen LogP contribution in [0.4, 0.5) is 0 Å². The fraction of sp³-hybridized carbons (Fsp3) is 0.250. The smallest absolute Gasteiger partial charge is 0.169 e. The zero-order valence-corrected chi connectivity index (χ0v) is 11.4. The molecular weight excluding hydrogens is 240 g/mol. The average Bonchev–Trinajstić information content (AvgIpc) is 2.41. The standard InChI is InChI=1S/C16H18O3/c1-11-8-9-15(16(10-11)18-3)19-14-7-5-4-6-13(14)12(2)17/h4-10,12,17H,1-3H3/t12-/m1/s1. The maximum Gasteiger partial charge on any atom is 0.169 e. The van der Waals surface area contributed by atoms with Gasteiger partial charge in [0.05, 0.1) is 13.2 Å². The second-order valence-electron chi connectivity index (χ2n) is 4.47. The number of methoxy groups -OCH3 is 1. The molecule has 2 aromatic rings. The van der Waals surface area contributed by atoms with E-state index < -0.39 is 6.10 Å². The van der Waals surface area contributed by atoms with Gasteiger partial charge in [0.25, 0.3) is 0 Å². The number of hydrogen-bond donors (Lipinski definition) is 1. The molecule has 0 fully saturated rings. The monoisotopic (exact) mass is 258 g/mol. The molecule has 0 heterocycles. The first-order valence-corrected chi connectivity index (χ1v) is 6.21. The van der Waals surface area contributed by atoms with Crippen molar-refractivity contribution in [3.8, 4) is 17.2 Å². The van der Waals surface area contributed by atoms with Crippen molar-refractivity contribution < 1.29 is 14.6 Å². The number of aliphatic hydroxyl groups excluding tert-OH is 1. The predicted octanol–water partition coefficient (Wildman–Crippen LogP) is 3.85. The molecule has 3 heteroatoms. The Balaban J connectivity index is 2.36. The summed E-state index contributed by atoms with van der Waals surface area (Å²) in [6, 6.07) is 13.2. The normalized spacial score (nSPS) is 12.0. The Hall–Kier alpha value is -2.00. The Morgan fingerprint density at radius 1 is 1.00 bits per heavy atom. The predicted molar refractivity (Wildman–Crippen MR) is 74.9 cm³/mol. The third-order valence-corrected chi connectivity index (χ3v) is 2.91. The van der Waals surface area contributed by atoms with Crippen molar-refractivity contribution in [3.05, 3.63) is 53.6 Å². The van der Waals surface area contributed by atoms with Gasteiger partial charge in [-0.05, 0) is 37.6 Å². The second kappa shape index (κ2) is 5.76. The van der Waals surface area contributed by atoms with Crippen LogP contribution < -0.4 is 9.47 Å². The number of aryl methyl sites for hydroxylation is 1. The Bertz CT molecular complexity index is 562. The number of aliphatic hydroxyl groups is 1. The Morgan fingerprint density at radius 2 is 1.74 bits per heavy atom. The van der Waals surface area contributed by atoms with Crippen LogP contribution in [0.1, 0.15) is 24.2 Å². The molecule has 1 N–H and O–H groups in total. The SMILES string of the molecule is COc1cc(C)ccc1Oc1ccccc1[C@@H](C)O. The molecule has 0 amide bonds. The van der Waals surface area contributed by atoms with Gasteiger partial charge in [-0.2, -0.15) is 0 Å². The van der Waals surface area contributed by atoms with Crippen LogP contribution in [0.2, 0.25) is 0 Å². The van der Waals surface area contributed by atoms with Crippen LogP contribution in [0.5, 0.6) is 17.2 Å². The molecule has 0 spiro atoms. The van der Waals surface area contributed by atoms with Crippen molar-refractivity contribution in [2.24, 2.45) is 0 Å². The van der Waals surface area contributed by atoms with Crippen LogP contribution in [0, 0.1) is 6.92 Å². The van der Waals surface area contributed by atoms with E-state index in [0.717, 1.165) is 11.1 Å². The molecule has 0 radical (unpaired) electrons. The summed E-state index contributed by atoms with van der Waals surface area (Å²) in [6.45, 7) is 3.71. The van der Waals surface area contributed by atoms with Crippen molar-refractivity contribution >= 4 is 0 Å². The number of hydrogen-bond acceptors (Lipinski definition) is 3. The van der Waals surface area contributed by atoms with E-state index in [1.54, 1.807) is 14.0 Å². The first kappa shape index (κ1) is 13.4. The van der Waals surface area contributed by atoms with Crippen LogP contribution in [0.3, 0.4) is 0 Å². The first-order chi connectivity index (χ1) is 9.11. The summed E-state index contributed by atoms with van der Waals surface area (Å²) >= 11 is 0. The molecule has 0 saturated heterocycles. The molecule has 0 bridgehead atoms. The van der Waals surface area contributed by atoms with Gasteiger partial charge in [0, 0.05) is 5.56 Å². The molecular formula is C16H18O3. The largest absolute Gasteiger partial charge is 0.493 e. The first-order valence-electron chi connectivity index (χ1n) is 6.21. The van der Waals surface area contributed by atoms with E-state index >= 15 is 0 Å². The van der Waals surface area contributed by atoms with Crippen LogP contribution in [0.25, 0.3) is 0 Å². The molecule has 3 nitrogen and oxygen atoms in total. The molecule has 0 saturated carbocycles. The highest BCUT2D eigenvalue weighted by molar-refractivity contribution is 5.47. The summed E-state index contributed by atoms with van der Waals surface area (Å²) in [5.74, 6) is 1.96. The van der Waals surface area contributed by atoms with E-state index in [1.165, 1.54) is 0 Å². The molecule has 1 atom stereocenters. The lowest BCUT2D eigenvalue weighted by Gasteiger charge is -2.15. The molecule has 2 rings (SSSR count). The zero-order chi connectivity index (χ0) is 13.8. The minimum Gasteiger partial charge on any atom is -0.493 e. The van der Waals surface area contributed by atoms with E-state index in [1.807, 2.05) is 49.4 Å². The third-order valence-electron chi connectivity index (χ3n) is 2.91. The van der Waals surface area contributed by atoms with Crippen LogP contribution in [0.15, 0.2) is 42.5 Å². The minimum atomic E-state index is -0.576. The van der Waals surface area contributed by atoms with Gasteiger partial charge in [-0.1, -0.05) is 24.3 Å². The van der Waals surface area contributed by atoms with Gasteiger partial charge >= 0.3 is 0 Å². The van der Waals surface area contributed by atoms with E-state index in [0.29, 0.717) is 17.2 Å². The molecule has 0 aromatic heterocycles. The summed E-state index contributed by atoms with van der Waals surface area (Å²) in [4.78, 5) is 0. The molecule has 0 unspecified atom stereocenters. The molecule has 0 aliphatic heterocycles. The van der Waals surface area contributed by atoms with Gasteiger partial charge < -0.3 is 14.6 Å². The van der Waals surface area contributed by atoms with Gasteiger partial charge in [0.1, 0.15) is 5.75 Å². The van der Waals surface area contributed by atoms with Gasteiger partial charge in [-0.15, -0.1) is 0 Å². The maximum atomic E-state index is 9.74. The second-order valence-corrected chi connectivity index (χ2v) is 4.47. The van der Waals surface area contributed by atoms with E-state index in [-0.39, 0.29) is 0 Å². The highest BCUT2D eigenvalue weighted by Gasteiger charge is 2.11. The Labute approximate surface area is 113 Å². The molecule has 100 valence electrons. The topological polar surface area (TPSA) is 38.7 Å². The maximum absolute atomic E-state index is 9.74. The number of para-hydroxylation sites is 1. The van der Waals surface area contributed by atoms with Crippen molar-refractivity contribution in [2.45, 2.75) is 20.0 Å². The summed E-state index contributed by atoms with van der Waals surface area (Å²) in [5, 5.41) is 9.74. The van der Waals surface area contributed by atoms with E-state index in [9.17, 15) is 5.11 Å². The zero-order valence-electron chi connectivity index (χ0n) is 11.4. The summed E-state index contributed by atoms with van der Waals surface area (Å²) in [7, 11) is 1.61. The van der Waals surface area contributed by atoms with Gasteiger partial charge in [0.15, 0.2) is 11.5 Å². The van der Waals surface area contributed by atoms with Crippen molar-refractivity contribution in [3.63, 3.8) is 0 Å². The fourth-order valence-corrected chi connectivity index (χ4v) is 1.90. The highest BCUT2D eigenvalue weighted by Crippen LogP contribution is 2.35. The van der Waals surface area contributed by atoms with Gasteiger partial charge in [-0.25, -0.2) is 0 Å². The van der Waals surface area contributed by atoms with Crippen LogP contribution in [-0.2, 0) is 0 Å². The highest BCUT2D eigenvalue weighted by atomic mass is 16.5. The third kappa shape index (κ3) is 3.06. The molecule has 2 aromatic carbocycles. The lowest BCUT2D eigenvalue weighted by molar-refractivity contribution is 0.195.